The van der Waals surface area contributed by atoms with E-state index >= 15 is 0 Å². The van der Waals surface area contributed by atoms with E-state index in [-0.39, 0.29) is 32.5 Å². The smallest absolute Gasteiger partial charge is 1.00 e. The first kappa shape index (κ1) is 31.9. The zero-order valence-corrected chi connectivity index (χ0v) is 24.4. The van der Waals surface area contributed by atoms with Crippen molar-refractivity contribution in [2.45, 2.75) is 32.2 Å². The van der Waals surface area contributed by atoms with Crippen molar-refractivity contribution in [3.05, 3.63) is 119 Å². The zero-order chi connectivity index (χ0) is 28.5. The Morgan fingerprint density at radius 3 is 2.20 bits per heavy atom. The number of carboxylic acid groups (broad SMARTS) is 1. The van der Waals surface area contributed by atoms with Crippen LogP contribution in [-0.2, 0) is 28.4 Å². The first-order chi connectivity index (χ1) is 19.3. The molecule has 4 aromatic rings. The zero-order valence-electron chi connectivity index (χ0n) is 24.6. The Hall–Kier alpha value is -3.63. The average molecular weight is 564 g/mol. The molecule has 8 heteroatoms. The van der Waals surface area contributed by atoms with Gasteiger partial charge in [-0.25, -0.2) is 4.79 Å². The van der Waals surface area contributed by atoms with Crippen molar-refractivity contribution in [1.82, 2.24) is 5.32 Å². The summed E-state index contributed by atoms with van der Waals surface area (Å²) >= 11 is 0. The molecule has 1 amide bonds. The van der Waals surface area contributed by atoms with Crippen LogP contribution in [0.3, 0.4) is 0 Å². The Kier molecular flexibility index (Phi) is 12.0. The number of carboxylic acids is 1. The summed E-state index contributed by atoms with van der Waals surface area (Å²) in [4.78, 5) is 25.1. The van der Waals surface area contributed by atoms with Crippen LogP contribution in [0.15, 0.2) is 97.1 Å². The molecule has 41 heavy (non-hydrogen) atoms. The Morgan fingerprint density at radius 2 is 1.51 bits per heavy atom. The van der Waals surface area contributed by atoms with Crippen molar-refractivity contribution in [2.24, 2.45) is 0 Å². The molecule has 0 saturated heterocycles. The SMILES string of the molecule is Cc1ccccc1-c1cc(CCc2cccc(Oc3ccccc3)c2)ccc1C(=O)NC(CCS(C)=O)C(=O)O.[H-].[Li+]. The molecular formula is C33H34LiNO5S. The number of ether oxygens (including phenoxy) is 1. The molecule has 0 spiro atoms. The summed E-state index contributed by atoms with van der Waals surface area (Å²) in [6.45, 7) is 1.98. The van der Waals surface area contributed by atoms with Crippen LogP contribution in [0.5, 0.6) is 11.5 Å². The molecule has 0 saturated carbocycles. The van der Waals surface area contributed by atoms with Gasteiger partial charge in [0, 0.05) is 28.4 Å². The molecule has 0 fully saturated rings. The predicted octanol–water partition coefficient (Wildman–Crippen LogP) is 3.31. The van der Waals surface area contributed by atoms with E-state index < -0.39 is 28.7 Å². The number of benzene rings is 4. The minimum absolute atomic E-state index is 0. The third kappa shape index (κ3) is 9.19. The second-order valence-corrected chi connectivity index (χ2v) is 11.2. The molecule has 2 N–H and O–H groups in total. The third-order valence-corrected chi connectivity index (χ3v) is 7.45. The number of nitrogens with one attached hydrogen (secondary N) is 1. The van der Waals surface area contributed by atoms with Gasteiger partial charge in [-0.1, -0.05) is 66.7 Å². The van der Waals surface area contributed by atoms with Crippen LogP contribution in [0.4, 0.5) is 0 Å². The minimum atomic E-state index is -1.16. The van der Waals surface area contributed by atoms with Gasteiger partial charge in [0.25, 0.3) is 5.91 Å². The molecule has 0 aliphatic rings. The van der Waals surface area contributed by atoms with E-state index in [1.807, 2.05) is 91.9 Å². The number of para-hydroxylation sites is 1. The van der Waals surface area contributed by atoms with Gasteiger partial charge >= 0.3 is 24.8 Å². The van der Waals surface area contributed by atoms with Gasteiger partial charge in [-0.2, -0.15) is 0 Å². The standard InChI is InChI=1S/C33H33NO5S.Li.H/c1-23-9-6-7-14-28(23)30-22-25(17-18-29(30)32(35)34-31(33(36)37)19-20-40(2)38)16-15-24-10-8-13-27(21-24)39-26-11-4-3-5-12-26;;/h3-14,17-18,21-22,31H,15-16,19-20H2,1-2H3,(H,34,35)(H,36,37);;/q;+1;-1. The molecule has 0 aromatic heterocycles. The summed E-state index contributed by atoms with van der Waals surface area (Å²) in [5, 5.41) is 12.2. The summed E-state index contributed by atoms with van der Waals surface area (Å²) in [5.41, 5.74) is 5.26. The second kappa shape index (κ2) is 15.4. The number of aliphatic carboxylic acids is 1. The largest absolute Gasteiger partial charge is 1.00 e. The van der Waals surface area contributed by atoms with E-state index in [0.29, 0.717) is 5.56 Å². The number of rotatable bonds is 12. The van der Waals surface area contributed by atoms with Crippen molar-refractivity contribution in [2.75, 3.05) is 12.0 Å². The molecule has 0 aliphatic carbocycles. The van der Waals surface area contributed by atoms with Gasteiger partial charge in [-0.05, 0) is 84.3 Å². The van der Waals surface area contributed by atoms with E-state index in [4.69, 9.17) is 4.74 Å². The molecule has 0 aliphatic heterocycles. The molecule has 0 bridgehead atoms. The monoisotopic (exact) mass is 563 g/mol. The quantitative estimate of drug-likeness (QED) is 0.258. The molecule has 2 atom stereocenters. The van der Waals surface area contributed by atoms with Crippen molar-refractivity contribution in [3.8, 4) is 22.6 Å². The van der Waals surface area contributed by atoms with Gasteiger partial charge in [0.1, 0.15) is 17.5 Å². The Bertz CT molecular complexity index is 1520. The Labute approximate surface area is 257 Å². The maximum atomic E-state index is 13.3. The van der Waals surface area contributed by atoms with Crippen LogP contribution < -0.4 is 28.9 Å². The van der Waals surface area contributed by atoms with Crippen LogP contribution >= 0.6 is 0 Å². The van der Waals surface area contributed by atoms with Crippen molar-refractivity contribution >= 4 is 22.7 Å². The summed E-state index contributed by atoms with van der Waals surface area (Å²) < 4.78 is 17.5. The maximum absolute atomic E-state index is 13.3. The number of hydrogen-bond acceptors (Lipinski definition) is 4. The number of amides is 1. The number of aryl methyl sites for hydroxylation is 3. The average Bonchev–Trinajstić information content (AvgIpc) is 2.94. The molecule has 0 heterocycles. The van der Waals surface area contributed by atoms with Crippen molar-refractivity contribution < 1.29 is 43.9 Å². The van der Waals surface area contributed by atoms with E-state index in [0.717, 1.165) is 52.2 Å². The number of hydrogen-bond donors (Lipinski definition) is 2. The molecule has 6 nitrogen and oxygen atoms in total. The number of carbonyl (C=O) groups excluding carboxylic acids is 1. The van der Waals surface area contributed by atoms with Gasteiger partial charge in [-0.3, -0.25) is 9.00 Å². The van der Waals surface area contributed by atoms with E-state index in [1.165, 1.54) is 6.26 Å². The minimum Gasteiger partial charge on any atom is -1.00 e. The maximum Gasteiger partial charge on any atom is 1.00 e. The van der Waals surface area contributed by atoms with E-state index in [9.17, 15) is 18.9 Å². The summed E-state index contributed by atoms with van der Waals surface area (Å²) in [7, 11) is -1.16. The predicted molar refractivity (Wildman–Crippen MR) is 161 cm³/mol. The molecule has 4 aromatic carbocycles. The fourth-order valence-corrected chi connectivity index (χ4v) is 5.07. The first-order valence-corrected chi connectivity index (χ1v) is 14.9. The van der Waals surface area contributed by atoms with Crippen LogP contribution in [-0.4, -0.2) is 39.2 Å². The van der Waals surface area contributed by atoms with E-state index in [1.54, 1.807) is 6.07 Å². The van der Waals surface area contributed by atoms with Crippen molar-refractivity contribution in [1.29, 1.82) is 0 Å². The molecule has 0 radical (unpaired) electrons. The number of carbonyl (C=O) groups is 2. The van der Waals surface area contributed by atoms with Gasteiger partial charge in [0.15, 0.2) is 0 Å². The molecular weight excluding hydrogens is 529 g/mol. The van der Waals surface area contributed by atoms with Gasteiger partial charge in [-0.15, -0.1) is 0 Å². The summed E-state index contributed by atoms with van der Waals surface area (Å²) in [6, 6.07) is 30.0. The topological polar surface area (TPSA) is 92.7 Å². The van der Waals surface area contributed by atoms with Crippen LogP contribution in [0, 0.1) is 6.92 Å². The second-order valence-electron chi connectivity index (χ2n) is 9.69. The fourth-order valence-electron chi connectivity index (χ4n) is 4.50. The Morgan fingerprint density at radius 1 is 0.854 bits per heavy atom. The van der Waals surface area contributed by atoms with Gasteiger partial charge in [0.2, 0.25) is 0 Å². The van der Waals surface area contributed by atoms with Gasteiger partial charge < -0.3 is 16.6 Å². The fraction of sp³-hybridized carbons (Fsp3) is 0.212. The normalized spacial score (nSPS) is 12.0. The third-order valence-electron chi connectivity index (χ3n) is 6.64. The van der Waals surface area contributed by atoms with Crippen LogP contribution in [0.1, 0.15) is 34.9 Å². The summed E-state index contributed by atoms with van der Waals surface area (Å²) in [6.07, 6.45) is 3.13. The van der Waals surface area contributed by atoms with Crippen LogP contribution in [0.25, 0.3) is 11.1 Å². The first-order valence-electron chi connectivity index (χ1n) is 13.1. The van der Waals surface area contributed by atoms with Gasteiger partial charge in [0.05, 0.1) is 0 Å². The summed E-state index contributed by atoms with van der Waals surface area (Å²) in [5.74, 6) is 0.134. The van der Waals surface area contributed by atoms with E-state index in [2.05, 4.69) is 11.4 Å². The van der Waals surface area contributed by atoms with Crippen molar-refractivity contribution in [3.63, 3.8) is 0 Å². The van der Waals surface area contributed by atoms with Crippen LogP contribution in [0.2, 0.25) is 0 Å². The molecule has 4 rings (SSSR count). The molecule has 208 valence electrons. The molecule has 2 unspecified atom stereocenters. The Balaban J connectivity index is 0.00000308.